The Balaban J connectivity index is 2.70. The topological polar surface area (TPSA) is 41.6 Å². The summed E-state index contributed by atoms with van der Waals surface area (Å²) in [4.78, 5) is 11.8. The molecule has 0 saturated heterocycles. The van der Waals surface area contributed by atoms with Gasteiger partial charge in [-0.25, -0.2) is 9.97 Å². The molecule has 0 atom stereocenters. The first-order valence-corrected chi connectivity index (χ1v) is 5.05. The second-order valence-electron chi connectivity index (χ2n) is 3.81. The van der Waals surface area contributed by atoms with Crippen molar-refractivity contribution in [1.29, 1.82) is 0 Å². The molecule has 3 nitrogen and oxygen atoms in total. The fraction of sp³-hybridized carbons (Fsp3) is 0.455. The molecule has 0 fully saturated rings. The Labute approximate surface area is 83.6 Å². The van der Waals surface area contributed by atoms with E-state index in [9.17, 15) is 0 Å². The molecule has 14 heavy (non-hydrogen) atoms. The van der Waals surface area contributed by atoms with Gasteiger partial charge in [0.05, 0.1) is 11.8 Å². The van der Waals surface area contributed by atoms with E-state index in [-0.39, 0.29) is 0 Å². The van der Waals surface area contributed by atoms with E-state index in [1.807, 2.05) is 0 Å². The number of hydrogen-bond donors (Lipinski definition) is 1. The minimum Gasteiger partial charge on any atom is -0.343 e. The van der Waals surface area contributed by atoms with Crippen LogP contribution in [0.5, 0.6) is 0 Å². The Hall–Kier alpha value is -1.38. The molecule has 0 spiro atoms. The van der Waals surface area contributed by atoms with Gasteiger partial charge >= 0.3 is 0 Å². The maximum Gasteiger partial charge on any atom is 0.177 e. The van der Waals surface area contributed by atoms with Crippen LogP contribution >= 0.6 is 0 Å². The van der Waals surface area contributed by atoms with Crippen molar-refractivity contribution >= 4 is 11.2 Å². The number of fused-ring (bicyclic) bond motifs is 1. The normalized spacial score (nSPS) is 11.4. The zero-order valence-electron chi connectivity index (χ0n) is 8.83. The molecule has 0 aliphatic heterocycles. The van der Waals surface area contributed by atoms with E-state index >= 15 is 0 Å². The van der Waals surface area contributed by atoms with Crippen molar-refractivity contribution in [1.82, 2.24) is 15.0 Å². The van der Waals surface area contributed by atoms with Gasteiger partial charge in [0.2, 0.25) is 0 Å². The number of nitrogens with zero attached hydrogens (tertiary/aromatic N) is 2. The molecule has 0 radical (unpaired) electrons. The van der Waals surface area contributed by atoms with Crippen LogP contribution in [0.2, 0.25) is 0 Å². The third kappa shape index (κ3) is 1.39. The highest BCUT2D eigenvalue weighted by Gasteiger charge is 2.09. The smallest absolute Gasteiger partial charge is 0.177 e. The summed E-state index contributed by atoms with van der Waals surface area (Å²) in [6, 6.07) is 2.17. The molecular weight excluding hydrogens is 174 g/mol. The minimum atomic E-state index is 0.506. The third-order valence-electron chi connectivity index (χ3n) is 2.46. The van der Waals surface area contributed by atoms with Crippen LogP contribution in [0.3, 0.4) is 0 Å². The van der Waals surface area contributed by atoms with Crippen LogP contribution in [-0.2, 0) is 6.42 Å². The molecule has 1 N–H and O–H groups in total. The van der Waals surface area contributed by atoms with Crippen LogP contribution in [0.15, 0.2) is 12.4 Å². The van der Waals surface area contributed by atoms with E-state index in [1.165, 1.54) is 5.56 Å². The first kappa shape index (κ1) is 9.19. The zero-order valence-corrected chi connectivity index (χ0v) is 8.83. The van der Waals surface area contributed by atoms with E-state index in [4.69, 9.17) is 0 Å². The second kappa shape index (κ2) is 3.40. The Bertz CT molecular complexity index is 443. The summed E-state index contributed by atoms with van der Waals surface area (Å²) in [6.07, 6.45) is 2.67. The van der Waals surface area contributed by atoms with E-state index in [0.717, 1.165) is 23.3 Å². The molecule has 2 aromatic rings. The number of H-pyrrole nitrogens is 1. The van der Waals surface area contributed by atoms with Gasteiger partial charge in [-0.1, -0.05) is 20.8 Å². The number of nitrogens with one attached hydrogen (secondary N) is 1. The molecule has 2 rings (SSSR count). The van der Waals surface area contributed by atoms with Crippen LogP contribution in [0.1, 0.15) is 37.9 Å². The lowest BCUT2D eigenvalue weighted by Gasteiger charge is -2.07. The molecule has 3 heteroatoms. The highest BCUT2D eigenvalue weighted by Crippen LogP contribution is 2.22. The van der Waals surface area contributed by atoms with Gasteiger partial charge in [-0.05, 0) is 24.0 Å². The summed E-state index contributed by atoms with van der Waals surface area (Å²) in [7, 11) is 0. The van der Waals surface area contributed by atoms with E-state index < -0.39 is 0 Å². The fourth-order valence-corrected chi connectivity index (χ4v) is 1.64. The number of aromatic nitrogens is 3. The molecule has 74 valence electrons. The van der Waals surface area contributed by atoms with Gasteiger partial charge < -0.3 is 4.98 Å². The molecular formula is C11H15N3. The van der Waals surface area contributed by atoms with Crippen molar-refractivity contribution in [2.75, 3.05) is 0 Å². The van der Waals surface area contributed by atoms with Crippen molar-refractivity contribution in [3.63, 3.8) is 0 Å². The third-order valence-corrected chi connectivity index (χ3v) is 2.46. The van der Waals surface area contributed by atoms with Crippen LogP contribution in [0.25, 0.3) is 11.2 Å². The SMILES string of the molecule is CCc1cc(C(C)C)c2[nH]cnc2n1. The largest absolute Gasteiger partial charge is 0.343 e. The van der Waals surface area contributed by atoms with Crippen molar-refractivity contribution < 1.29 is 0 Å². The van der Waals surface area contributed by atoms with Gasteiger partial charge in [0.25, 0.3) is 0 Å². The molecule has 0 saturated carbocycles. The molecule has 0 bridgehead atoms. The van der Waals surface area contributed by atoms with Gasteiger partial charge in [-0.2, -0.15) is 0 Å². The Morgan fingerprint density at radius 3 is 2.86 bits per heavy atom. The first-order valence-electron chi connectivity index (χ1n) is 5.05. The summed E-state index contributed by atoms with van der Waals surface area (Å²) >= 11 is 0. The molecule has 0 aliphatic carbocycles. The molecule has 0 aliphatic rings. The number of imidazole rings is 1. The standard InChI is InChI=1S/C11H15N3/c1-4-8-5-9(7(2)3)10-11(14-8)13-6-12-10/h5-7H,4H2,1-3H3,(H,12,13,14). The highest BCUT2D eigenvalue weighted by atomic mass is 15.0. The maximum absolute atomic E-state index is 4.45. The lowest BCUT2D eigenvalue weighted by atomic mass is 10.0. The van der Waals surface area contributed by atoms with E-state index in [1.54, 1.807) is 6.33 Å². The fourth-order valence-electron chi connectivity index (χ4n) is 1.64. The van der Waals surface area contributed by atoms with Crippen molar-refractivity contribution in [2.45, 2.75) is 33.1 Å². The highest BCUT2D eigenvalue weighted by molar-refractivity contribution is 5.75. The molecule has 2 aromatic heterocycles. The number of aromatic amines is 1. The van der Waals surface area contributed by atoms with Crippen molar-refractivity contribution in [2.24, 2.45) is 0 Å². The summed E-state index contributed by atoms with van der Waals surface area (Å²) in [5, 5.41) is 0. The molecule has 2 heterocycles. The quantitative estimate of drug-likeness (QED) is 0.789. The zero-order chi connectivity index (χ0) is 10.1. The van der Waals surface area contributed by atoms with E-state index in [0.29, 0.717) is 5.92 Å². The van der Waals surface area contributed by atoms with Crippen LogP contribution in [0, 0.1) is 0 Å². The monoisotopic (exact) mass is 189 g/mol. The number of aryl methyl sites for hydroxylation is 1. The van der Waals surface area contributed by atoms with Crippen molar-refractivity contribution in [3.8, 4) is 0 Å². The minimum absolute atomic E-state index is 0.506. The predicted molar refractivity (Wildman–Crippen MR) is 57.4 cm³/mol. The predicted octanol–water partition coefficient (Wildman–Crippen LogP) is 2.64. The van der Waals surface area contributed by atoms with Crippen LogP contribution in [-0.4, -0.2) is 15.0 Å². The summed E-state index contributed by atoms with van der Waals surface area (Å²) in [6.45, 7) is 6.50. The maximum atomic E-state index is 4.45. The van der Waals surface area contributed by atoms with Gasteiger partial charge in [0.1, 0.15) is 0 Å². The summed E-state index contributed by atoms with van der Waals surface area (Å²) < 4.78 is 0. The number of rotatable bonds is 2. The lowest BCUT2D eigenvalue weighted by molar-refractivity contribution is 0.864. The molecule has 0 unspecified atom stereocenters. The van der Waals surface area contributed by atoms with Crippen molar-refractivity contribution in [3.05, 3.63) is 23.7 Å². The molecule has 0 amide bonds. The second-order valence-corrected chi connectivity index (χ2v) is 3.81. The Morgan fingerprint density at radius 1 is 1.43 bits per heavy atom. The average Bonchev–Trinajstić information content (AvgIpc) is 2.63. The van der Waals surface area contributed by atoms with E-state index in [2.05, 4.69) is 41.8 Å². The van der Waals surface area contributed by atoms with Crippen LogP contribution in [0.4, 0.5) is 0 Å². The molecule has 0 aromatic carbocycles. The first-order chi connectivity index (χ1) is 6.72. The number of hydrogen-bond acceptors (Lipinski definition) is 2. The van der Waals surface area contributed by atoms with Crippen LogP contribution < -0.4 is 0 Å². The van der Waals surface area contributed by atoms with Gasteiger partial charge in [0, 0.05) is 5.69 Å². The van der Waals surface area contributed by atoms with Gasteiger partial charge in [0.15, 0.2) is 5.65 Å². The summed E-state index contributed by atoms with van der Waals surface area (Å²) in [5.41, 5.74) is 4.35. The average molecular weight is 189 g/mol. The Morgan fingerprint density at radius 2 is 2.21 bits per heavy atom. The van der Waals surface area contributed by atoms with Gasteiger partial charge in [-0.3, -0.25) is 0 Å². The number of pyridine rings is 1. The lowest BCUT2D eigenvalue weighted by Crippen LogP contribution is -1.95. The van der Waals surface area contributed by atoms with Gasteiger partial charge in [-0.15, -0.1) is 0 Å². The summed E-state index contributed by atoms with van der Waals surface area (Å²) in [5.74, 6) is 0.506. The Kier molecular flexibility index (Phi) is 2.23.